The van der Waals surface area contributed by atoms with Gasteiger partial charge >= 0.3 is 0 Å². The van der Waals surface area contributed by atoms with Gasteiger partial charge in [-0.2, -0.15) is 0 Å². The first-order valence-corrected chi connectivity index (χ1v) is 11.7. The van der Waals surface area contributed by atoms with Gasteiger partial charge in [0.25, 0.3) is 0 Å². The van der Waals surface area contributed by atoms with Gasteiger partial charge in [0.05, 0.1) is 10.2 Å². The third-order valence-corrected chi connectivity index (χ3v) is 7.01. The van der Waals surface area contributed by atoms with Crippen molar-refractivity contribution in [2.45, 2.75) is 56.7 Å². The van der Waals surface area contributed by atoms with Crippen molar-refractivity contribution in [3.63, 3.8) is 0 Å². The Bertz CT molecular complexity index is 900. The number of benzene rings is 2. The molecule has 1 N–H and O–H groups in total. The summed E-state index contributed by atoms with van der Waals surface area (Å²) in [6.45, 7) is 6.38. The summed E-state index contributed by atoms with van der Waals surface area (Å²) in [6.07, 6.45) is 3.68. The number of aryl methyl sites for hydroxylation is 1. The van der Waals surface area contributed by atoms with Crippen LogP contribution in [0.15, 0.2) is 46.8 Å². The van der Waals surface area contributed by atoms with E-state index in [9.17, 15) is 4.79 Å². The summed E-state index contributed by atoms with van der Waals surface area (Å²) in [5, 5.41) is 3.14. The summed E-state index contributed by atoms with van der Waals surface area (Å²) in [7, 11) is 0. The predicted molar refractivity (Wildman–Crippen MR) is 123 cm³/mol. The Kier molecular flexibility index (Phi) is 7.51. The smallest absolute Gasteiger partial charge is 0.224 e. The van der Waals surface area contributed by atoms with Crippen molar-refractivity contribution in [1.29, 1.82) is 0 Å². The lowest BCUT2D eigenvalue weighted by Crippen LogP contribution is -2.14. The van der Waals surface area contributed by atoms with E-state index >= 15 is 0 Å². The van der Waals surface area contributed by atoms with Crippen molar-refractivity contribution < 1.29 is 4.79 Å². The van der Waals surface area contributed by atoms with Crippen LogP contribution in [0.2, 0.25) is 0 Å². The molecule has 0 atom stereocenters. The Balaban J connectivity index is 1.38. The van der Waals surface area contributed by atoms with Crippen LogP contribution in [0.3, 0.4) is 0 Å². The zero-order chi connectivity index (χ0) is 19.9. The predicted octanol–water partition coefficient (Wildman–Crippen LogP) is 7.02. The molecule has 0 aliphatic carbocycles. The van der Waals surface area contributed by atoms with Gasteiger partial charge in [-0.15, -0.1) is 11.3 Å². The normalized spacial score (nSPS) is 11.3. The van der Waals surface area contributed by atoms with Gasteiger partial charge in [-0.1, -0.05) is 62.4 Å². The number of carbonyl (C=O) groups is 1. The second-order valence-electron chi connectivity index (χ2n) is 7.35. The fourth-order valence-electron chi connectivity index (χ4n) is 3.18. The Morgan fingerprint density at radius 3 is 2.71 bits per heavy atom. The minimum absolute atomic E-state index is 0.120. The minimum atomic E-state index is 0.120. The Morgan fingerprint density at radius 1 is 1.11 bits per heavy atom. The molecule has 1 amide bonds. The van der Waals surface area contributed by atoms with Crippen LogP contribution in [0.5, 0.6) is 0 Å². The van der Waals surface area contributed by atoms with Crippen molar-refractivity contribution in [3.05, 3.63) is 53.6 Å². The monoisotopic (exact) mass is 412 g/mol. The van der Waals surface area contributed by atoms with E-state index < -0.39 is 0 Å². The number of hydrogen-bond acceptors (Lipinski definition) is 4. The van der Waals surface area contributed by atoms with Crippen LogP contribution >= 0.6 is 23.1 Å². The summed E-state index contributed by atoms with van der Waals surface area (Å²) in [5.74, 6) is 1.57. The van der Waals surface area contributed by atoms with Crippen molar-refractivity contribution in [1.82, 2.24) is 4.98 Å². The minimum Gasteiger partial charge on any atom is -0.326 e. The first-order valence-electron chi connectivity index (χ1n) is 9.92. The van der Waals surface area contributed by atoms with E-state index in [1.54, 1.807) is 11.3 Å². The number of thiazole rings is 1. The van der Waals surface area contributed by atoms with E-state index in [2.05, 4.69) is 67.5 Å². The third-order valence-electron chi connectivity index (χ3n) is 4.74. The Hall–Kier alpha value is -1.85. The van der Waals surface area contributed by atoms with Crippen LogP contribution < -0.4 is 5.32 Å². The molecule has 0 saturated carbocycles. The van der Waals surface area contributed by atoms with Gasteiger partial charge in [0.2, 0.25) is 5.91 Å². The number of aromatic nitrogens is 1. The molecule has 3 aromatic rings. The number of anilines is 1. The standard InChI is InChI=1S/C23H28N2OS2/c1-16(2)18-11-9-10-17(3)22(18)25-21(26)14-5-4-8-15-27-23-24-19-12-6-7-13-20(19)28-23/h6-7,9-13,16H,4-5,8,14-15H2,1-3H3,(H,25,26). The van der Waals surface area contributed by atoms with Crippen molar-refractivity contribution in [2.75, 3.05) is 11.1 Å². The van der Waals surface area contributed by atoms with Gasteiger partial charge in [-0.05, 0) is 48.9 Å². The van der Waals surface area contributed by atoms with Gasteiger partial charge in [-0.3, -0.25) is 4.79 Å². The summed E-state index contributed by atoms with van der Waals surface area (Å²) >= 11 is 3.58. The number of nitrogens with one attached hydrogen (secondary N) is 1. The molecule has 1 aromatic heterocycles. The van der Waals surface area contributed by atoms with E-state index in [4.69, 9.17) is 0 Å². The number of fused-ring (bicyclic) bond motifs is 1. The Labute approximate surface area is 176 Å². The van der Waals surface area contributed by atoms with Crippen LogP contribution in [0, 0.1) is 6.92 Å². The van der Waals surface area contributed by atoms with Gasteiger partial charge in [0, 0.05) is 17.9 Å². The molecule has 1 heterocycles. The summed E-state index contributed by atoms with van der Waals surface area (Å²) < 4.78 is 2.39. The molecule has 28 heavy (non-hydrogen) atoms. The highest BCUT2D eigenvalue weighted by molar-refractivity contribution is 8.01. The molecule has 2 aromatic carbocycles. The number of hydrogen-bond donors (Lipinski definition) is 1. The maximum atomic E-state index is 12.4. The van der Waals surface area contributed by atoms with Crippen molar-refractivity contribution in [2.24, 2.45) is 0 Å². The first-order chi connectivity index (χ1) is 13.5. The quantitative estimate of drug-likeness (QED) is 0.303. The molecule has 5 heteroatoms. The van der Waals surface area contributed by atoms with Gasteiger partial charge < -0.3 is 5.32 Å². The number of para-hydroxylation sites is 2. The van der Waals surface area contributed by atoms with E-state index in [0.717, 1.165) is 46.1 Å². The molecular formula is C23H28N2OS2. The number of thioether (sulfide) groups is 1. The molecule has 0 aliphatic rings. The number of rotatable bonds is 9. The molecule has 0 saturated heterocycles. The number of carbonyl (C=O) groups excluding carboxylic acids is 1. The van der Waals surface area contributed by atoms with Crippen LogP contribution in [0.1, 0.15) is 56.6 Å². The fourth-order valence-corrected chi connectivity index (χ4v) is 5.32. The molecule has 0 fully saturated rings. The molecule has 3 rings (SSSR count). The lowest BCUT2D eigenvalue weighted by atomic mass is 9.98. The van der Waals surface area contributed by atoms with Crippen molar-refractivity contribution >= 4 is 44.9 Å². The van der Waals surface area contributed by atoms with E-state index in [1.807, 2.05) is 17.8 Å². The zero-order valence-electron chi connectivity index (χ0n) is 16.8. The second-order valence-corrected chi connectivity index (χ2v) is 9.72. The molecule has 0 bridgehead atoms. The second kappa shape index (κ2) is 10.1. The van der Waals surface area contributed by atoms with Gasteiger partial charge in [-0.25, -0.2) is 4.98 Å². The molecular weight excluding hydrogens is 384 g/mol. The van der Waals surface area contributed by atoms with Crippen LogP contribution in [0.25, 0.3) is 10.2 Å². The van der Waals surface area contributed by atoms with Crippen molar-refractivity contribution in [3.8, 4) is 0 Å². The number of amides is 1. The van der Waals surface area contributed by atoms with Crippen LogP contribution in [-0.4, -0.2) is 16.6 Å². The lowest BCUT2D eigenvalue weighted by Gasteiger charge is -2.16. The molecule has 148 valence electrons. The summed E-state index contributed by atoms with van der Waals surface area (Å²) in [6, 6.07) is 14.5. The summed E-state index contributed by atoms with van der Waals surface area (Å²) in [5.41, 5.74) is 4.42. The molecule has 0 aliphatic heterocycles. The maximum absolute atomic E-state index is 12.4. The highest BCUT2D eigenvalue weighted by Crippen LogP contribution is 2.30. The van der Waals surface area contributed by atoms with Crippen LogP contribution in [-0.2, 0) is 4.79 Å². The number of nitrogens with zero attached hydrogens (tertiary/aromatic N) is 1. The fraction of sp³-hybridized carbons (Fsp3) is 0.391. The molecule has 0 radical (unpaired) electrons. The average molecular weight is 413 g/mol. The lowest BCUT2D eigenvalue weighted by molar-refractivity contribution is -0.116. The molecule has 0 unspecified atom stereocenters. The van der Waals surface area contributed by atoms with Gasteiger partial charge in [0.1, 0.15) is 0 Å². The molecule has 0 spiro atoms. The third kappa shape index (κ3) is 5.58. The first kappa shape index (κ1) is 20.9. The highest BCUT2D eigenvalue weighted by atomic mass is 32.2. The molecule has 3 nitrogen and oxygen atoms in total. The average Bonchev–Trinajstić information content (AvgIpc) is 3.08. The van der Waals surface area contributed by atoms with E-state index in [0.29, 0.717) is 12.3 Å². The largest absolute Gasteiger partial charge is 0.326 e. The van der Waals surface area contributed by atoms with E-state index in [1.165, 1.54) is 10.3 Å². The van der Waals surface area contributed by atoms with Crippen LogP contribution in [0.4, 0.5) is 5.69 Å². The number of unbranched alkanes of at least 4 members (excludes halogenated alkanes) is 2. The maximum Gasteiger partial charge on any atom is 0.224 e. The summed E-state index contributed by atoms with van der Waals surface area (Å²) in [4.78, 5) is 17.0. The van der Waals surface area contributed by atoms with E-state index in [-0.39, 0.29) is 5.91 Å². The van der Waals surface area contributed by atoms with Gasteiger partial charge in [0.15, 0.2) is 4.34 Å². The topological polar surface area (TPSA) is 42.0 Å². The zero-order valence-corrected chi connectivity index (χ0v) is 18.5. The SMILES string of the molecule is Cc1cccc(C(C)C)c1NC(=O)CCCCCSc1nc2ccccc2s1. The Morgan fingerprint density at radius 2 is 1.93 bits per heavy atom. The highest BCUT2D eigenvalue weighted by Gasteiger charge is 2.12.